The van der Waals surface area contributed by atoms with Crippen molar-refractivity contribution in [2.45, 2.75) is 53.5 Å². The molecule has 1 rings (SSSR count). The molecule has 0 heterocycles. The molecule has 0 bridgehead atoms. The molecule has 20 heavy (non-hydrogen) atoms. The van der Waals surface area contributed by atoms with Gasteiger partial charge in [-0.25, -0.2) is 0 Å². The smallest absolute Gasteiger partial charge is 0.161 e. The molecule has 0 radical (unpaired) electrons. The quantitative estimate of drug-likeness (QED) is 0.826. The number of ether oxygens (including phenoxy) is 2. The number of benzene rings is 1. The lowest BCUT2D eigenvalue weighted by atomic mass is 9.93. The van der Waals surface area contributed by atoms with Gasteiger partial charge in [-0.05, 0) is 49.8 Å². The van der Waals surface area contributed by atoms with Crippen LogP contribution in [0.2, 0.25) is 0 Å². The molecule has 3 nitrogen and oxygen atoms in total. The zero-order valence-corrected chi connectivity index (χ0v) is 13.5. The molecule has 0 aliphatic heterocycles. The third-order valence-electron chi connectivity index (χ3n) is 2.98. The molecule has 0 amide bonds. The molecule has 0 saturated carbocycles. The topological polar surface area (TPSA) is 44.5 Å². The monoisotopic (exact) mass is 279 g/mol. The summed E-state index contributed by atoms with van der Waals surface area (Å²) in [5, 5.41) is 0. The molecule has 0 fully saturated rings. The first-order valence-corrected chi connectivity index (χ1v) is 7.46. The van der Waals surface area contributed by atoms with E-state index < -0.39 is 0 Å². The second-order valence-electron chi connectivity index (χ2n) is 6.55. The van der Waals surface area contributed by atoms with Crippen molar-refractivity contribution in [3.63, 3.8) is 0 Å². The fourth-order valence-electron chi connectivity index (χ4n) is 1.91. The van der Waals surface area contributed by atoms with E-state index in [2.05, 4.69) is 26.8 Å². The van der Waals surface area contributed by atoms with Crippen molar-refractivity contribution in [1.82, 2.24) is 0 Å². The highest BCUT2D eigenvalue weighted by Gasteiger charge is 2.12. The standard InChI is InChI=1S/C17H29NO2/c1-6-19-16-12-14(11-13(2)18)7-8-15(16)20-10-9-17(3,4)5/h7-8,12-13H,6,9-11,18H2,1-5H3. The van der Waals surface area contributed by atoms with Crippen molar-refractivity contribution in [3.05, 3.63) is 23.8 Å². The number of hydrogen-bond donors (Lipinski definition) is 1. The van der Waals surface area contributed by atoms with E-state index in [0.29, 0.717) is 13.2 Å². The summed E-state index contributed by atoms with van der Waals surface area (Å²) >= 11 is 0. The lowest BCUT2D eigenvalue weighted by Gasteiger charge is -2.19. The number of nitrogens with two attached hydrogens (primary N) is 1. The van der Waals surface area contributed by atoms with E-state index in [0.717, 1.165) is 24.3 Å². The summed E-state index contributed by atoms with van der Waals surface area (Å²) in [4.78, 5) is 0. The van der Waals surface area contributed by atoms with E-state index in [-0.39, 0.29) is 11.5 Å². The van der Waals surface area contributed by atoms with E-state index in [9.17, 15) is 0 Å². The van der Waals surface area contributed by atoms with Crippen molar-refractivity contribution in [1.29, 1.82) is 0 Å². The summed E-state index contributed by atoms with van der Waals surface area (Å²) in [7, 11) is 0. The molecule has 0 saturated heterocycles. The van der Waals surface area contributed by atoms with Crippen LogP contribution in [0.4, 0.5) is 0 Å². The highest BCUT2D eigenvalue weighted by atomic mass is 16.5. The molecule has 3 heteroatoms. The van der Waals surface area contributed by atoms with Gasteiger partial charge in [0.2, 0.25) is 0 Å². The first kappa shape index (κ1) is 16.8. The lowest BCUT2D eigenvalue weighted by Crippen LogP contribution is -2.17. The summed E-state index contributed by atoms with van der Waals surface area (Å²) in [6, 6.07) is 6.25. The van der Waals surface area contributed by atoms with Crippen LogP contribution >= 0.6 is 0 Å². The SMILES string of the molecule is CCOc1cc(CC(C)N)ccc1OCCC(C)(C)C. The van der Waals surface area contributed by atoms with Crippen molar-refractivity contribution >= 4 is 0 Å². The van der Waals surface area contributed by atoms with Gasteiger partial charge in [0.15, 0.2) is 11.5 Å². The van der Waals surface area contributed by atoms with E-state index in [1.807, 2.05) is 26.0 Å². The summed E-state index contributed by atoms with van der Waals surface area (Å²) in [5.74, 6) is 1.64. The van der Waals surface area contributed by atoms with Crippen molar-refractivity contribution in [2.75, 3.05) is 13.2 Å². The van der Waals surface area contributed by atoms with Crippen LogP contribution in [0.15, 0.2) is 18.2 Å². The Labute approximate surface area is 123 Å². The Bertz CT molecular complexity index is 408. The molecule has 1 atom stereocenters. The molecule has 0 spiro atoms. The van der Waals surface area contributed by atoms with Gasteiger partial charge in [-0.2, -0.15) is 0 Å². The molecule has 0 aliphatic rings. The highest BCUT2D eigenvalue weighted by molar-refractivity contribution is 5.43. The van der Waals surface area contributed by atoms with Crippen LogP contribution in [-0.4, -0.2) is 19.3 Å². The highest BCUT2D eigenvalue weighted by Crippen LogP contribution is 2.30. The van der Waals surface area contributed by atoms with Crippen LogP contribution in [-0.2, 0) is 6.42 Å². The number of hydrogen-bond acceptors (Lipinski definition) is 3. The Kier molecular flexibility index (Phi) is 6.34. The molecular formula is C17H29NO2. The molecule has 1 unspecified atom stereocenters. The van der Waals surface area contributed by atoms with E-state index >= 15 is 0 Å². The maximum atomic E-state index is 5.87. The van der Waals surface area contributed by atoms with E-state index in [4.69, 9.17) is 15.2 Å². The second-order valence-corrected chi connectivity index (χ2v) is 6.55. The summed E-state index contributed by atoms with van der Waals surface area (Å²) in [5.41, 5.74) is 7.31. The molecule has 1 aromatic rings. The molecular weight excluding hydrogens is 250 g/mol. The minimum atomic E-state index is 0.150. The van der Waals surface area contributed by atoms with Gasteiger partial charge in [0.05, 0.1) is 13.2 Å². The fraction of sp³-hybridized carbons (Fsp3) is 0.647. The average Bonchev–Trinajstić information content (AvgIpc) is 2.30. The Hall–Kier alpha value is -1.22. The maximum Gasteiger partial charge on any atom is 0.161 e. The Balaban J connectivity index is 2.73. The number of rotatable bonds is 7. The third-order valence-corrected chi connectivity index (χ3v) is 2.98. The molecule has 0 aromatic heterocycles. The minimum absolute atomic E-state index is 0.150. The predicted octanol–water partition coefficient (Wildman–Crippen LogP) is 3.79. The first-order valence-electron chi connectivity index (χ1n) is 7.46. The zero-order chi connectivity index (χ0) is 15.2. The van der Waals surface area contributed by atoms with Crippen LogP contribution in [0.5, 0.6) is 11.5 Å². The van der Waals surface area contributed by atoms with Gasteiger partial charge in [-0.3, -0.25) is 0 Å². The fourth-order valence-corrected chi connectivity index (χ4v) is 1.91. The average molecular weight is 279 g/mol. The van der Waals surface area contributed by atoms with Gasteiger partial charge >= 0.3 is 0 Å². The molecule has 2 N–H and O–H groups in total. The molecule has 1 aromatic carbocycles. The zero-order valence-electron chi connectivity index (χ0n) is 13.5. The Morgan fingerprint density at radius 1 is 1.15 bits per heavy atom. The van der Waals surface area contributed by atoms with E-state index in [1.165, 1.54) is 5.56 Å². The van der Waals surface area contributed by atoms with Crippen LogP contribution in [0.25, 0.3) is 0 Å². The first-order chi connectivity index (χ1) is 9.31. The Morgan fingerprint density at radius 2 is 1.85 bits per heavy atom. The molecule has 0 aliphatic carbocycles. The van der Waals surface area contributed by atoms with Gasteiger partial charge in [-0.15, -0.1) is 0 Å². The second kappa shape index (κ2) is 7.53. The predicted molar refractivity (Wildman–Crippen MR) is 84.5 cm³/mol. The molecule has 114 valence electrons. The van der Waals surface area contributed by atoms with Crippen molar-refractivity contribution in [3.8, 4) is 11.5 Å². The normalized spacial score (nSPS) is 13.1. The summed E-state index contributed by atoms with van der Waals surface area (Å²) in [6.45, 7) is 12.0. The van der Waals surface area contributed by atoms with Gasteiger partial charge in [-0.1, -0.05) is 26.8 Å². The lowest BCUT2D eigenvalue weighted by molar-refractivity contribution is 0.229. The maximum absolute atomic E-state index is 5.87. The van der Waals surface area contributed by atoms with Crippen molar-refractivity contribution < 1.29 is 9.47 Å². The third kappa shape index (κ3) is 6.29. The summed E-state index contributed by atoms with van der Waals surface area (Å²) < 4.78 is 11.5. The minimum Gasteiger partial charge on any atom is -0.490 e. The van der Waals surface area contributed by atoms with Gasteiger partial charge in [0, 0.05) is 6.04 Å². The van der Waals surface area contributed by atoms with Crippen LogP contribution < -0.4 is 15.2 Å². The van der Waals surface area contributed by atoms with E-state index in [1.54, 1.807) is 0 Å². The van der Waals surface area contributed by atoms with Crippen LogP contribution in [0.1, 0.15) is 46.6 Å². The Morgan fingerprint density at radius 3 is 2.40 bits per heavy atom. The van der Waals surface area contributed by atoms with Crippen LogP contribution in [0.3, 0.4) is 0 Å². The van der Waals surface area contributed by atoms with Gasteiger partial charge < -0.3 is 15.2 Å². The van der Waals surface area contributed by atoms with Gasteiger partial charge in [0.1, 0.15) is 0 Å². The van der Waals surface area contributed by atoms with Crippen molar-refractivity contribution in [2.24, 2.45) is 11.1 Å². The largest absolute Gasteiger partial charge is 0.490 e. The summed E-state index contributed by atoms with van der Waals surface area (Å²) in [6.07, 6.45) is 1.86. The van der Waals surface area contributed by atoms with Crippen LogP contribution in [0, 0.1) is 5.41 Å². The van der Waals surface area contributed by atoms with Gasteiger partial charge in [0.25, 0.3) is 0 Å².